The molecule has 106 valence electrons. The van der Waals surface area contributed by atoms with Gasteiger partial charge >= 0.3 is 0 Å². The van der Waals surface area contributed by atoms with E-state index in [0.29, 0.717) is 12.1 Å². The van der Waals surface area contributed by atoms with E-state index in [0.717, 1.165) is 22.5 Å². The number of benzene rings is 1. The molecule has 0 saturated heterocycles. The van der Waals surface area contributed by atoms with Crippen LogP contribution in [0.2, 0.25) is 0 Å². The Morgan fingerprint density at radius 1 is 1.40 bits per heavy atom. The van der Waals surface area contributed by atoms with Crippen molar-refractivity contribution >= 4 is 11.6 Å². The second-order valence-corrected chi connectivity index (χ2v) is 4.74. The van der Waals surface area contributed by atoms with Gasteiger partial charge in [-0.2, -0.15) is 5.10 Å². The summed E-state index contributed by atoms with van der Waals surface area (Å²) >= 11 is 0. The minimum atomic E-state index is -0.102. The fraction of sp³-hybridized carbons (Fsp3) is 0.286. The number of hydrazine groups is 1. The Balaban J connectivity index is 2.07. The van der Waals surface area contributed by atoms with Gasteiger partial charge in [-0.1, -0.05) is 0 Å². The van der Waals surface area contributed by atoms with E-state index in [1.54, 1.807) is 23.0 Å². The van der Waals surface area contributed by atoms with Crippen LogP contribution in [0.15, 0.2) is 24.4 Å². The van der Waals surface area contributed by atoms with Gasteiger partial charge in [-0.05, 0) is 37.6 Å². The molecule has 0 aliphatic heterocycles. The molecule has 0 radical (unpaired) electrons. The topological polar surface area (TPSA) is 85.0 Å². The van der Waals surface area contributed by atoms with Crippen molar-refractivity contribution in [1.82, 2.24) is 15.1 Å². The third kappa shape index (κ3) is 2.80. The van der Waals surface area contributed by atoms with Crippen molar-refractivity contribution in [3.05, 3.63) is 46.8 Å². The van der Waals surface area contributed by atoms with Crippen molar-refractivity contribution in [2.24, 2.45) is 12.9 Å². The van der Waals surface area contributed by atoms with Crippen LogP contribution in [0.25, 0.3) is 0 Å². The van der Waals surface area contributed by atoms with Crippen molar-refractivity contribution in [2.75, 3.05) is 5.43 Å². The Kier molecular flexibility index (Phi) is 4.05. The summed E-state index contributed by atoms with van der Waals surface area (Å²) in [5.41, 5.74) is 6.92. The van der Waals surface area contributed by atoms with Crippen LogP contribution in [0.3, 0.4) is 0 Å². The summed E-state index contributed by atoms with van der Waals surface area (Å²) in [6, 6.07) is 5.37. The summed E-state index contributed by atoms with van der Waals surface area (Å²) in [6.07, 6.45) is 1.77. The van der Waals surface area contributed by atoms with Crippen LogP contribution < -0.4 is 16.6 Å². The van der Waals surface area contributed by atoms with Crippen molar-refractivity contribution in [3.63, 3.8) is 0 Å². The Bertz CT molecular complexity index is 632. The van der Waals surface area contributed by atoms with Gasteiger partial charge in [-0.15, -0.1) is 0 Å². The lowest BCUT2D eigenvalue weighted by molar-refractivity contribution is 0.0950. The van der Waals surface area contributed by atoms with Crippen molar-refractivity contribution in [3.8, 4) is 0 Å². The van der Waals surface area contributed by atoms with Gasteiger partial charge in [0.15, 0.2) is 0 Å². The maximum atomic E-state index is 12.2. The SMILES string of the molecule is Cc1cc(NN)ccc1C(=O)NCc1cnn(C)c1C. The number of amides is 1. The Hall–Kier alpha value is -2.34. The molecular weight excluding hydrogens is 254 g/mol. The predicted molar refractivity (Wildman–Crippen MR) is 78.1 cm³/mol. The van der Waals surface area contributed by atoms with E-state index in [9.17, 15) is 4.79 Å². The Morgan fingerprint density at radius 3 is 2.70 bits per heavy atom. The van der Waals surface area contributed by atoms with Crippen LogP contribution in [0.4, 0.5) is 5.69 Å². The molecule has 0 bridgehead atoms. The predicted octanol–water partition coefficient (Wildman–Crippen LogP) is 1.25. The lowest BCUT2D eigenvalue weighted by atomic mass is 10.1. The summed E-state index contributed by atoms with van der Waals surface area (Å²) in [4.78, 5) is 12.2. The number of carbonyl (C=O) groups excluding carboxylic acids is 1. The molecule has 0 saturated carbocycles. The first-order valence-electron chi connectivity index (χ1n) is 6.36. The zero-order valence-corrected chi connectivity index (χ0v) is 11.9. The number of aryl methyl sites for hydroxylation is 2. The van der Waals surface area contributed by atoms with Gasteiger partial charge in [0.25, 0.3) is 5.91 Å². The minimum absolute atomic E-state index is 0.102. The van der Waals surface area contributed by atoms with E-state index in [1.165, 1.54) is 0 Å². The molecule has 4 N–H and O–H groups in total. The number of hydrogen-bond acceptors (Lipinski definition) is 4. The quantitative estimate of drug-likeness (QED) is 0.578. The fourth-order valence-electron chi connectivity index (χ4n) is 2.00. The highest BCUT2D eigenvalue weighted by molar-refractivity contribution is 5.96. The number of hydrogen-bond donors (Lipinski definition) is 3. The molecule has 0 aliphatic rings. The molecule has 2 rings (SSSR count). The first-order valence-corrected chi connectivity index (χ1v) is 6.36. The molecule has 6 heteroatoms. The fourth-order valence-corrected chi connectivity index (χ4v) is 2.00. The summed E-state index contributed by atoms with van der Waals surface area (Å²) in [6.45, 7) is 4.32. The van der Waals surface area contributed by atoms with Crippen molar-refractivity contribution in [2.45, 2.75) is 20.4 Å². The average Bonchev–Trinajstić information content (AvgIpc) is 2.76. The van der Waals surface area contributed by atoms with Gasteiger partial charge in [0.2, 0.25) is 0 Å². The summed E-state index contributed by atoms with van der Waals surface area (Å²) < 4.78 is 1.79. The molecule has 0 unspecified atom stereocenters. The zero-order valence-electron chi connectivity index (χ0n) is 11.9. The maximum Gasteiger partial charge on any atom is 0.251 e. The van der Waals surface area contributed by atoms with E-state index in [2.05, 4.69) is 15.8 Å². The number of aromatic nitrogens is 2. The molecule has 0 spiro atoms. The maximum absolute atomic E-state index is 12.2. The molecule has 1 amide bonds. The minimum Gasteiger partial charge on any atom is -0.348 e. The Labute approximate surface area is 117 Å². The van der Waals surface area contributed by atoms with E-state index < -0.39 is 0 Å². The lowest BCUT2D eigenvalue weighted by Gasteiger charge is -2.09. The van der Waals surface area contributed by atoms with Gasteiger partial charge < -0.3 is 10.7 Å². The third-order valence-electron chi connectivity index (χ3n) is 3.41. The molecule has 1 aromatic heterocycles. The second kappa shape index (κ2) is 5.75. The van der Waals surface area contributed by atoms with Crippen LogP contribution in [-0.2, 0) is 13.6 Å². The smallest absolute Gasteiger partial charge is 0.251 e. The molecule has 2 aromatic rings. The second-order valence-electron chi connectivity index (χ2n) is 4.74. The standard InChI is InChI=1S/C14H19N5O/c1-9-6-12(18-15)4-5-13(9)14(20)16-7-11-8-17-19(3)10(11)2/h4-6,8,18H,7,15H2,1-3H3,(H,16,20). The molecule has 1 heterocycles. The molecule has 20 heavy (non-hydrogen) atoms. The molecular formula is C14H19N5O. The van der Waals surface area contributed by atoms with Gasteiger partial charge in [0.05, 0.1) is 6.20 Å². The number of nitrogens with one attached hydrogen (secondary N) is 2. The van der Waals surface area contributed by atoms with E-state index in [-0.39, 0.29) is 5.91 Å². The summed E-state index contributed by atoms with van der Waals surface area (Å²) in [5, 5.41) is 7.05. The normalized spacial score (nSPS) is 10.4. The largest absolute Gasteiger partial charge is 0.348 e. The first kappa shape index (κ1) is 14.1. The number of nitrogens with two attached hydrogens (primary N) is 1. The van der Waals surface area contributed by atoms with Crippen LogP contribution in [0.5, 0.6) is 0 Å². The monoisotopic (exact) mass is 273 g/mol. The molecule has 6 nitrogen and oxygen atoms in total. The molecule has 0 atom stereocenters. The van der Waals surface area contributed by atoms with E-state index in [4.69, 9.17) is 5.84 Å². The van der Waals surface area contributed by atoms with Crippen LogP contribution in [-0.4, -0.2) is 15.7 Å². The number of carbonyl (C=O) groups is 1. The Morgan fingerprint density at radius 2 is 2.15 bits per heavy atom. The van der Waals surface area contributed by atoms with Crippen LogP contribution in [0, 0.1) is 13.8 Å². The first-order chi connectivity index (χ1) is 9.52. The van der Waals surface area contributed by atoms with Gasteiger partial charge in [0, 0.05) is 36.1 Å². The zero-order chi connectivity index (χ0) is 14.7. The molecule has 0 aliphatic carbocycles. The van der Waals surface area contributed by atoms with Crippen molar-refractivity contribution < 1.29 is 4.79 Å². The van der Waals surface area contributed by atoms with Crippen LogP contribution in [0.1, 0.15) is 27.2 Å². The number of rotatable bonds is 4. The highest BCUT2D eigenvalue weighted by atomic mass is 16.1. The summed E-state index contributed by atoms with van der Waals surface area (Å²) in [7, 11) is 1.88. The van der Waals surface area contributed by atoms with E-state index >= 15 is 0 Å². The molecule has 0 fully saturated rings. The van der Waals surface area contributed by atoms with Crippen LogP contribution >= 0.6 is 0 Å². The number of nitrogen functional groups attached to an aromatic ring is 1. The van der Waals surface area contributed by atoms with Crippen molar-refractivity contribution in [1.29, 1.82) is 0 Å². The number of anilines is 1. The molecule has 1 aromatic carbocycles. The van der Waals surface area contributed by atoms with Gasteiger partial charge in [0.1, 0.15) is 0 Å². The van der Waals surface area contributed by atoms with E-state index in [1.807, 2.05) is 27.0 Å². The summed E-state index contributed by atoms with van der Waals surface area (Å²) in [5.74, 6) is 5.24. The van der Waals surface area contributed by atoms with Gasteiger partial charge in [-0.3, -0.25) is 15.3 Å². The average molecular weight is 273 g/mol. The van der Waals surface area contributed by atoms with Gasteiger partial charge in [-0.25, -0.2) is 0 Å². The highest BCUT2D eigenvalue weighted by Gasteiger charge is 2.10. The highest BCUT2D eigenvalue weighted by Crippen LogP contribution is 2.14. The number of nitrogens with zero attached hydrogens (tertiary/aromatic N) is 2. The third-order valence-corrected chi connectivity index (χ3v) is 3.41. The lowest BCUT2D eigenvalue weighted by Crippen LogP contribution is -2.24.